The molecule has 47 heavy (non-hydrogen) atoms. The number of benzene rings is 2. The number of nitrogens with one attached hydrogen (secondary N) is 3. The number of alkyl halides is 1. The quantitative estimate of drug-likeness (QED) is 0.298. The van der Waals surface area contributed by atoms with Gasteiger partial charge in [0.25, 0.3) is 5.91 Å². The monoisotopic (exact) mass is 669 g/mol. The maximum atomic E-state index is 15.8. The van der Waals surface area contributed by atoms with Crippen molar-refractivity contribution < 1.29 is 31.5 Å². The zero-order valence-electron chi connectivity index (χ0n) is 27.0. The molecular weight excluding hydrogens is 624 g/mol. The Hall–Kier alpha value is -3.05. The third-order valence-electron chi connectivity index (χ3n) is 11.5. The van der Waals surface area contributed by atoms with E-state index in [0.717, 1.165) is 44.9 Å². The van der Waals surface area contributed by atoms with Crippen molar-refractivity contribution in [2.75, 3.05) is 6.54 Å². The van der Waals surface area contributed by atoms with Crippen LogP contribution in [0.25, 0.3) is 11.1 Å². The average molecular weight is 670 g/mol. The molecule has 2 aromatic carbocycles. The van der Waals surface area contributed by atoms with Gasteiger partial charge in [-0.2, -0.15) is 0 Å². The van der Waals surface area contributed by atoms with E-state index in [9.17, 15) is 18.0 Å². The normalized spacial score (nSPS) is 27.8. The summed E-state index contributed by atoms with van der Waals surface area (Å²) in [7, 11) is -3.77. The fourth-order valence-electron chi connectivity index (χ4n) is 8.05. The van der Waals surface area contributed by atoms with Crippen LogP contribution in [0.15, 0.2) is 36.4 Å². The highest BCUT2D eigenvalue weighted by molar-refractivity contribution is 7.91. The Morgan fingerprint density at radius 1 is 1.00 bits per heavy atom. The second kappa shape index (κ2) is 12.1. The number of halogens is 2. The number of sulfonamides is 1. The molecule has 4 saturated carbocycles. The molecular formula is C36H45F2N3O5S. The average Bonchev–Trinajstić information content (AvgIpc) is 3.30. The van der Waals surface area contributed by atoms with E-state index in [0.29, 0.717) is 60.1 Å². The van der Waals surface area contributed by atoms with Crippen LogP contribution in [0.2, 0.25) is 0 Å². The third-order valence-corrected chi connectivity index (χ3v) is 13.7. The summed E-state index contributed by atoms with van der Waals surface area (Å²) in [5.41, 5.74) is 0.382. The van der Waals surface area contributed by atoms with E-state index >= 15 is 8.78 Å². The molecule has 3 atom stereocenters. The predicted octanol–water partition coefficient (Wildman–Crippen LogP) is 5.73. The fraction of sp³-hybridized carbons (Fsp3) is 0.611. The van der Waals surface area contributed by atoms with Crippen LogP contribution < -0.4 is 20.1 Å². The van der Waals surface area contributed by atoms with E-state index in [1.807, 2.05) is 6.07 Å². The number of carbonyl (C=O) groups excluding carboxylic acids is 2. The van der Waals surface area contributed by atoms with Crippen molar-refractivity contribution >= 4 is 21.8 Å². The SMILES string of the molecule is CC1(S(=O)(=O)NC(=O)Cc2ccc(O[C@@H]3CC[C@@H](NC(=O)[C@]4(F)CNC5(CCCC5)C4)C3)c(-c3cccc(F)c3C3CCC3)c2)CC1. The molecule has 3 N–H and O–H groups in total. The number of hydrogen-bond donors (Lipinski definition) is 3. The summed E-state index contributed by atoms with van der Waals surface area (Å²) >= 11 is 0. The second-order valence-electron chi connectivity index (χ2n) is 15.0. The molecule has 5 fully saturated rings. The van der Waals surface area contributed by atoms with Crippen LogP contribution in [-0.4, -0.2) is 54.9 Å². The minimum Gasteiger partial charge on any atom is -0.490 e. The Morgan fingerprint density at radius 3 is 2.47 bits per heavy atom. The minimum absolute atomic E-state index is 0.0431. The molecule has 0 aromatic heterocycles. The van der Waals surface area contributed by atoms with E-state index < -0.39 is 32.3 Å². The van der Waals surface area contributed by atoms with Gasteiger partial charge in [-0.05, 0) is 99.1 Å². The van der Waals surface area contributed by atoms with Crippen molar-refractivity contribution in [1.29, 1.82) is 0 Å². The zero-order chi connectivity index (χ0) is 33.0. The van der Waals surface area contributed by atoms with Gasteiger partial charge in [-0.3, -0.25) is 14.3 Å². The lowest BCUT2D eigenvalue weighted by molar-refractivity contribution is -0.132. The summed E-state index contributed by atoms with van der Waals surface area (Å²) < 4.78 is 64.3. The van der Waals surface area contributed by atoms with Gasteiger partial charge in [-0.25, -0.2) is 17.2 Å². The van der Waals surface area contributed by atoms with Crippen LogP contribution in [0.4, 0.5) is 8.78 Å². The molecule has 7 rings (SSSR count). The minimum atomic E-state index is -3.77. The molecule has 0 radical (unpaired) electrons. The number of rotatable bonds is 10. The van der Waals surface area contributed by atoms with Crippen LogP contribution in [0.1, 0.15) is 107 Å². The van der Waals surface area contributed by atoms with Crippen molar-refractivity contribution in [3.63, 3.8) is 0 Å². The Morgan fingerprint density at radius 2 is 1.77 bits per heavy atom. The van der Waals surface area contributed by atoms with Gasteiger partial charge in [-0.1, -0.05) is 37.5 Å². The van der Waals surface area contributed by atoms with Crippen molar-refractivity contribution in [3.05, 3.63) is 53.3 Å². The summed E-state index contributed by atoms with van der Waals surface area (Å²) in [6.45, 7) is 1.67. The van der Waals surface area contributed by atoms with E-state index in [2.05, 4.69) is 15.4 Å². The Balaban J connectivity index is 1.08. The molecule has 2 amide bonds. The molecule has 1 aliphatic heterocycles. The highest BCUT2D eigenvalue weighted by atomic mass is 32.2. The molecule has 11 heteroatoms. The van der Waals surface area contributed by atoms with Crippen molar-refractivity contribution in [2.45, 2.75) is 131 Å². The highest BCUT2D eigenvalue weighted by Gasteiger charge is 2.54. The summed E-state index contributed by atoms with van der Waals surface area (Å²) in [5, 5.41) is 6.27. The van der Waals surface area contributed by atoms with Crippen molar-refractivity contribution in [1.82, 2.24) is 15.4 Å². The lowest BCUT2D eigenvalue weighted by Crippen LogP contribution is -2.48. The molecule has 0 unspecified atom stereocenters. The molecule has 2 aromatic rings. The van der Waals surface area contributed by atoms with Gasteiger partial charge >= 0.3 is 0 Å². The summed E-state index contributed by atoms with van der Waals surface area (Å²) in [6, 6.07) is 10.1. The van der Waals surface area contributed by atoms with Crippen molar-refractivity contribution in [3.8, 4) is 16.9 Å². The van der Waals surface area contributed by atoms with Crippen LogP contribution in [-0.2, 0) is 26.0 Å². The molecule has 1 heterocycles. The number of ether oxygens (including phenoxy) is 1. The van der Waals surface area contributed by atoms with Crippen LogP contribution in [0.3, 0.4) is 0 Å². The molecule has 254 valence electrons. The van der Waals surface area contributed by atoms with Gasteiger partial charge in [0.05, 0.1) is 11.2 Å². The van der Waals surface area contributed by atoms with Crippen LogP contribution in [0.5, 0.6) is 5.75 Å². The maximum absolute atomic E-state index is 15.8. The zero-order valence-corrected chi connectivity index (χ0v) is 27.8. The van der Waals surface area contributed by atoms with E-state index in [4.69, 9.17) is 4.74 Å². The van der Waals surface area contributed by atoms with Gasteiger partial charge in [0.2, 0.25) is 21.6 Å². The van der Waals surface area contributed by atoms with E-state index in [-0.39, 0.29) is 48.8 Å². The predicted molar refractivity (Wildman–Crippen MR) is 175 cm³/mol. The summed E-state index contributed by atoms with van der Waals surface area (Å²) in [4.78, 5) is 26.0. The standard InChI is InChI=1S/C36H45F2N3O5S/c1-34(16-17-34)47(44,45)41-31(42)19-23-10-13-30(28(18-23)27-8-5-9-29(37)32(27)24-6-4-7-24)46-26-12-11-25(20-26)40-33(43)36(38)21-35(39-22-36)14-2-3-15-35/h5,8-10,13,18,24-26,39H,2-4,6-7,11-12,14-17,19-22H2,1H3,(H,40,43)(H,41,42)/t25-,26-,36-/m1/s1. The van der Waals surface area contributed by atoms with Crippen LogP contribution in [0, 0.1) is 5.82 Å². The summed E-state index contributed by atoms with van der Waals surface area (Å²) in [6.07, 6.45) is 9.41. The van der Waals surface area contributed by atoms with Crippen molar-refractivity contribution in [2.24, 2.45) is 0 Å². The number of hydrogen-bond acceptors (Lipinski definition) is 6. The van der Waals surface area contributed by atoms with E-state index in [1.54, 1.807) is 31.2 Å². The molecule has 1 spiro atoms. The molecule has 8 nitrogen and oxygen atoms in total. The highest BCUT2D eigenvalue weighted by Crippen LogP contribution is 2.46. The first-order valence-corrected chi connectivity index (χ1v) is 18.7. The van der Waals surface area contributed by atoms with Gasteiger partial charge < -0.3 is 15.4 Å². The van der Waals surface area contributed by atoms with Gasteiger partial charge in [-0.15, -0.1) is 0 Å². The first-order valence-electron chi connectivity index (χ1n) is 17.3. The molecule has 0 bridgehead atoms. The van der Waals surface area contributed by atoms with Gasteiger partial charge in [0, 0.05) is 36.5 Å². The smallest absolute Gasteiger partial charge is 0.259 e. The van der Waals surface area contributed by atoms with Gasteiger partial charge in [0.15, 0.2) is 0 Å². The lowest BCUT2D eigenvalue weighted by Gasteiger charge is -2.29. The van der Waals surface area contributed by atoms with Gasteiger partial charge in [0.1, 0.15) is 17.7 Å². The number of carbonyl (C=O) groups is 2. The Kier molecular flexibility index (Phi) is 8.38. The fourth-order valence-corrected chi connectivity index (χ4v) is 9.31. The molecule has 1 saturated heterocycles. The Bertz CT molecular complexity index is 1670. The Labute approximate surface area is 275 Å². The molecule has 5 aliphatic rings. The van der Waals surface area contributed by atoms with E-state index in [1.165, 1.54) is 6.07 Å². The number of amides is 2. The first-order chi connectivity index (χ1) is 22.4. The topological polar surface area (TPSA) is 114 Å². The largest absolute Gasteiger partial charge is 0.490 e. The lowest BCUT2D eigenvalue weighted by atomic mass is 9.76. The summed E-state index contributed by atoms with van der Waals surface area (Å²) in [5.74, 6) is -0.837. The second-order valence-corrected chi connectivity index (χ2v) is 17.2. The first kappa shape index (κ1) is 32.5. The maximum Gasteiger partial charge on any atom is 0.259 e. The third kappa shape index (κ3) is 6.42. The molecule has 4 aliphatic carbocycles. The van der Waals surface area contributed by atoms with Crippen LogP contribution >= 0.6 is 0 Å².